The molecule has 2 aromatic heterocycles. The predicted molar refractivity (Wildman–Crippen MR) is 149 cm³/mol. The molecule has 0 bridgehead atoms. The molecule has 1 amide bonds. The van der Waals surface area contributed by atoms with Gasteiger partial charge in [-0.25, -0.2) is 9.97 Å². The van der Waals surface area contributed by atoms with E-state index >= 15 is 0 Å². The van der Waals surface area contributed by atoms with Crippen LogP contribution in [0, 0.1) is 13.8 Å². The summed E-state index contributed by atoms with van der Waals surface area (Å²) in [7, 11) is 0. The van der Waals surface area contributed by atoms with Gasteiger partial charge in [-0.1, -0.05) is 48.5 Å². The molecule has 3 aromatic carbocycles. The number of carbonyl (C=O) groups is 1. The van der Waals surface area contributed by atoms with Crippen molar-refractivity contribution in [1.82, 2.24) is 14.9 Å². The highest BCUT2D eigenvalue weighted by Crippen LogP contribution is 2.32. The van der Waals surface area contributed by atoms with Crippen molar-refractivity contribution >= 4 is 44.2 Å². The average molecular weight is 493 g/mol. The standard InChI is InChI=1S/C30H28N4OS/c1-20-17-24-25(18-21(20)2)32-29(28(31-24)22-9-4-3-5-10-22)33-13-8-14-34(16-15-33)30(35)27-19-23-11-6-7-12-26(23)36-27/h3-7,9-12,17-19H,8,13-16H2,1-2H3. The number of amides is 1. The van der Waals surface area contributed by atoms with E-state index in [9.17, 15) is 4.79 Å². The van der Waals surface area contributed by atoms with Crippen molar-refractivity contribution in [3.8, 4) is 11.3 Å². The number of carbonyl (C=O) groups excluding carboxylic acids is 1. The monoisotopic (exact) mass is 492 g/mol. The summed E-state index contributed by atoms with van der Waals surface area (Å²) in [6, 6.07) is 24.8. The van der Waals surface area contributed by atoms with Gasteiger partial charge in [-0.05, 0) is 61.0 Å². The summed E-state index contributed by atoms with van der Waals surface area (Å²) >= 11 is 1.58. The first-order valence-corrected chi connectivity index (χ1v) is 13.3. The third-order valence-corrected chi connectivity index (χ3v) is 8.13. The molecule has 0 atom stereocenters. The Morgan fingerprint density at radius 2 is 1.53 bits per heavy atom. The molecule has 0 saturated carbocycles. The molecule has 0 unspecified atom stereocenters. The van der Waals surface area contributed by atoms with Crippen molar-refractivity contribution in [3.63, 3.8) is 0 Å². The maximum atomic E-state index is 13.4. The summed E-state index contributed by atoms with van der Waals surface area (Å²) in [5.41, 5.74) is 6.21. The minimum absolute atomic E-state index is 0.122. The Hall–Kier alpha value is -3.77. The lowest BCUT2D eigenvalue weighted by molar-refractivity contribution is 0.0772. The number of hydrogen-bond acceptors (Lipinski definition) is 5. The molecule has 5 nitrogen and oxygen atoms in total. The molecule has 5 aromatic rings. The molecule has 1 aliphatic rings. The molecule has 0 radical (unpaired) electrons. The highest BCUT2D eigenvalue weighted by Gasteiger charge is 2.25. The highest BCUT2D eigenvalue weighted by molar-refractivity contribution is 7.20. The summed E-state index contributed by atoms with van der Waals surface area (Å²) in [4.78, 5) is 28.7. The van der Waals surface area contributed by atoms with Crippen LogP contribution in [0.4, 0.5) is 5.82 Å². The molecule has 1 aliphatic heterocycles. The Balaban J connectivity index is 1.33. The summed E-state index contributed by atoms with van der Waals surface area (Å²) in [6.07, 6.45) is 0.886. The summed E-state index contributed by atoms with van der Waals surface area (Å²) in [5.74, 6) is 1.02. The second-order valence-electron chi connectivity index (χ2n) is 9.47. The fourth-order valence-electron chi connectivity index (χ4n) is 4.89. The minimum atomic E-state index is 0.122. The average Bonchev–Trinajstić information content (AvgIpc) is 3.19. The fraction of sp³-hybridized carbons (Fsp3) is 0.233. The molecule has 0 aliphatic carbocycles. The molecule has 1 saturated heterocycles. The van der Waals surface area contributed by atoms with Gasteiger partial charge in [-0.3, -0.25) is 4.79 Å². The Bertz CT molecular complexity index is 1540. The van der Waals surface area contributed by atoms with Gasteiger partial charge in [-0.2, -0.15) is 0 Å². The lowest BCUT2D eigenvalue weighted by atomic mass is 10.1. The van der Waals surface area contributed by atoms with E-state index in [1.54, 1.807) is 11.3 Å². The number of benzene rings is 3. The number of anilines is 1. The van der Waals surface area contributed by atoms with Crippen molar-refractivity contribution in [2.24, 2.45) is 0 Å². The van der Waals surface area contributed by atoms with E-state index in [4.69, 9.17) is 9.97 Å². The smallest absolute Gasteiger partial charge is 0.264 e. The molecule has 180 valence electrons. The zero-order valence-corrected chi connectivity index (χ0v) is 21.4. The first-order chi connectivity index (χ1) is 17.6. The Morgan fingerprint density at radius 3 is 2.31 bits per heavy atom. The molecule has 3 heterocycles. The third kappa shape index (κ3) is 4.22. The van der Waals surface area contributed by atoms with Crippen LogP contribution in [0.3, 0.4) is 0 Å². The summed E-state index contributed by atoms with van der Waals surface area (Å²) in [6.45, 7) is 7.19. The molecule has 36 heavy (non-hydrogen) atoms. The van der Waals surface area contributed by atoms with Crippen LogP contribution in [-0.2, 0) is 0 Å². The summed E-state index contributed by atoms with van der Waals surface area (Å²) < 4.78 is 1.15. The van der Waals surface area contributed by atoms with Crippen LogP contribution in [0.25, 0.3) is 32.4 Å². The van der Waals surface area contributed by atoms with Crippen molar-refractivity contribution in [1.29, 1.82) is 0 Å². The van der Waals surface area contributed by atoms with E-state index in [0.717, 1.165) is 69.1 Å². The first kappa shape index (κ1) is 22.7. The SMILES string of the molecule is Cc1cc2nc(-c3ccccc3)c(N3CCCN(C(=O)c4cc5ccccc5s4)CC3)nc2cc1C. The predicted octanol–water partition coefficient (Wildman–Crippen LogP) is 6.48. The topological polar surface area (TPSA) is 49.3 Å². The number of fused-ring (bicyclic) bond motifs is 2. The van der Waals surface area contributed by atoms with Crippen LogP contribution in [0.5, 0.6) is 0 Å². The first-order valence-electron chi connectivity index (χ1n) is 12.4. The van der Waals surface area contributed by atoms with E-state index in [1.807, 2.05) is 41.3 Å². The molecule has 1 fully saturated rings. The lowest BCUT2D eigenvalue weighted by Crippen LogP contribution is -2.35. The third-order valence-electron chi connectivity index (χ3n) is 7.03. The van der Waals surface area contributed by atoms with Gasteiger partial charge in [0.25, 0.3) is 5.91 Å². The minimum Gasteiger partial charge on any atom is -0.353 e. The van der Waals surface area contributed by atoms with Crippen LogP contribution < -0.4 is 4.90 Å². The molecular weight excluding hydrogens is 464 g/mol. The zero-order valence-electron chi connectivity index (χ0n) is 20.6. The molecule has 6 rings (SSSR count). The van der Waals surface area contributed by atoms with E-state index in [2.05, 4.69) is 55.1 Å². The zero-order chi connectivity index (χ0) is 24.6. The van der Waals surface area contributed by atoms with Gasteiger partial charge in [0.05, 0.1) is 15.9 Å². The van der Waals surface area contributed by atoms with Gasteiger partial charge in [0.2, 0.25) is 0 Å². The van der Waals surface area contributed by atoms with E-state index in [-0.39, 0.29) is 5.91 Å². The van der Waals surface area contributed by atoms with Crippen LogP contribution in [-0.4, -0.2) is 47.0 Å². The second kappa shape index (κ2) is 9.36. The van der Waals surface area contributed by atoms with Crippen LogP contribution in [0.15, 0.2) is 72.8 Å². The highest BCUT2D eigenvalue weighted by atomic mass is 32.1. The van der Waals surface area contributed by atoms with Gasteiger partial charge < -0.3 is 9.80 Å². The quantitative estimate of drug-likeness (QED) is 0.289. The van der Waals surface area contributed by atoms with Gasteiger partial charge in [0, 0.05) is 36.4 Å². The van der Waals surface area contributed by atoms with Gasteiger partial charge in [0.1, 0.15) is 5.69 Å². The number of hydrogen-bond donors (Lipinski definition) is 0. The van der Waals surface area contributed by atoms with Crippen molar-refractivity contribution in [2.75, 3.05) is 31.1 Å². The number of aryl methyl sites for hydroxylation is 2. The molecule has 0 N–H and O–H groups in total. The second-order valence-corrected chi connectivity index (χ2v) is 10.6. The van der Waals surface area contributed by atoms with Crippen LogP contribution >= 0.6 is 11.3 Å². The van der Waals surface area contributed by atoms with E-state index < -0.39 is 0 Å². The summed E-state index contributed by atoms with van der Waals surface area (Å²) in [5, 5.41) is 1.13. The number of thiophene rings is 1. The van der Waals surface area contributed by atoms with Gasteiger partial charge in [0.15, 0.2) is 5.82 Å². The van der Waals surface area contributed by atoms with Crippen molar-refractivity contribution < 1.29 is 4.79 Å². The largest absolute Gasteiger partial charge is 0.353 e. The van der Waals surface area contributed by atoms with Crippen LogP contribution in [0.1, 0.15) is 27.2 Å². The number of rotatable bonds is 3. The van der Waals surface area contributed by atoms with Gasteiger partial charge in [-0.15, -0.1) is 11.3 Å². The Kier molecular flexibility index (Phi) is 5.89. The van der Waals surface area contributed by atoms with Gasteiger partial charge >= 0.3 is 0 Å². The lowest BCUT2D eigenvalue weighted by Gasteiger charge is -2.25. The number of aromatic nitrogens is 2. The Morgan fingerprint density at radius 1 is 0.806 bits per heavy atom. The molecular formula is C30H28N4OS. The van der Waals surface area contributed by atoms with E-state index in [0.29, 0.717) is 6.54 Å². The molecule has 6 heteroatoms. The Labute approximate surface area is 215 Å². The van der Waals surface area contributed by atoms with E-state index in [1.165, 1.54) is 11.1 Å². The molecule has 0 spiro atoms. The maximum absolute atomic E-state index is 13.4. The normalized spacial score (nSPS) is 14.4. The number of nitrogens with zero attached hydrogens (tertiary/aromatic N) is 4. The van der Waals surface area contributed by atoms with Crippen LogP contribution in [0.2, 0.25) is 0 Å². The van der Waals surface area contributed by atoms with Crippen molar-refractivity contribution in [2.45, 2.75) is 20.3 Å². The van der Waals surface area contributed by atoms with Crippen molar-refractivity contribution in [3.05, 3.63) is 88.8 Å². The fourth-order valence-corrected chi connectivity index (χ4v) is 5.92. The maximum Gasteiger partial charge on any atom is 0.264 e.